The smallest absolute Gasteiger partial charge is 0.254 e. The minimum Gasteiger partial charge on any atom is -0.490 e. The highest BCUT2D eigenvalue weighted by atomic mass is 32.2. The number of hydrogen-bond donors (Lipinski definition) is 0. The number of carbonyl (C=O) groups is 1. The van der Waals surface area contributed by atoms with E-state index in [2.05, 4.69) is 55.1 Å². The number of aryl methyl sites for hydroxylation is 2. The number of amides is 1. The second-order valence-electron chi connectivity index (χ2n) is 9.76. The average molecular weight is 483 g/mol. The summed E-state index contributed by atoms with van der Waals surface area (Å²) in [5.41, 5.74) is 5.17. The highest BCUT2D eigenvalue weighted by Gasteiger charge is 2.44. The van der Waals surface area contributed by atoms with Crippen molar-refractivity contribution in [3.05, 3.63) is 94.5 Å². The Bertz CT molecular complexity index is 1230. The molecule has 1 amide bonds. The molecular formula is C30H30N2O2S. The molecule has 4 nitrogen and oxygen atoms in total. The van der Waals surface area contributed by atoms with Gasteiger partial charge in [0.1, 0.15) is 11.9 Å². The topological polar surface area (TPSA) is 53.3 Å². The van der Waals surface area contributed by atoms with E-state index in [-0.39, 0.29) is 24.1 Å². The molecule has 0 N–H and O–H groups in total. The van der Waals surface area contributed by atoms with Gasteiger partial charge in [0.15, 0.2) is 0 Å². The predicted octanol–water partition coefficient (Wildman–Crippen LogP) is 6.68. The van der Waals surface area contributed by atoms with Crippen LogP contribution in [-0.4, -0.2) is 29.0 Å². The SMILES string of the molecule is Cc1cc(C)cc(SCc2ccc(C(=O)N3C4CCC3CC(Oc3cccc(C#N)c3)C4)cc2)c1. The van der Waals surface area contributed by atoms with E-state index in [4.69, 9.17) is 10.00 Å². The molecule has 178 valence electrons. The molecule has 2 bridgehead atoms. The maximum absolute atomic E-state index is 13.4. The molecule has 2 atom stereocenters. The Kier molecular flexibility index (Phi) is 6.83. The number of piperidine rings is 1. The van der Waals surface area contributed by atoms with Gasteiger partial charge in [0.05, 0.1) is 11.6 Å². The number of thioether (sulfide) groups is 1. The van der Waals surface area contributed by atoms with E-state index < -0.39 is 0 Å². The van der Waals surface area contributed by atoms with Crippen LogP contribution in [-0.2, 0) is 5.75 Å². The van der Waals surface area contributed by atoms with Crippen molar-refractivity contribution in [2.45, 2.75) is 68.4 Å². The third kappa shape index (κ3) is 5.39. The summed E-state index contributed by atoms with van der Waals surface area (Å²) in [4.78, 5) is 16.8. The van der Waals surface area contributed by atoms with Gasteiger partial charge in [-0.05, 0) is 85.8 Å². The quantitative estimate of drug-likeness (QED) is 0.368. The van der Waals surface area contributed by atoms with Crippen LogP contribution in [0.25, 0.3) is 0 Å². The number of nitriles is 1. The predicted molar refractivity (Wildman–Crippen MR) is 140 cm³/mol. The Morgan fingerprint density at radius 3 is 2.34 bits per heavy atom. The van der Waals surface area contributed by atoms with E-state index in [1.165, 1.54) is 21.6 Å². The molecule has 0 aliphatic carbocycles. The van der Waals surface area contributed by atoms with Crippen LogP contribution in [0.15, 0.2) is 71.6 Å². The van der Waals surface area contributed by atoms with E-state index in [9.17, 15) is 4.79 Å². The average Bonchev–Trinajstić information content (AvgIpc) is 3.12. The van der Waals surface area contributed by atoms with Crippen LogP contribution in [0, 0.1) is 25.2 Å². The van der Waals surface area contributed by atoms with Gasteiger partial charge in [-0.3, -0.25) is 4.79 Å². The second-order valence-corrected chi connectivity index (χ2v) is 10.8. The largest absolute Gasteiger partial charge is 0.490 e. The monoisotopic (exact) mass is 482 g/mol. The molecule has 2 aliphatic rings. The normalized spacial score (nSPS) is 20.9. The highest BCUT2D eigenvalue weighted by molar-refractivity contribution is 7.98. The zero-order chi connectivity index (χ0) is 24.4. The van der Waals surface area contributed by atoms with Crippen molar-refractivity contribution < 1.29 is 9.53 Å². The van der Waals surface area contributed by atoms with Crippen molar-refractivity contribution in [2.24, 2.45) is 0 Å². The lowest BCUT2D eigenvalue weighted by Crippen LogP contribution is -2.49. The second kappa shape index (κ2) is 10.2. The van der Waals surface area contributed by atoms with Crippen LogP contribution in [0.3, 0.4) is 0 Å². The molecule has 0 radical (unpaired) electrons. The Labute approximate surface area is 211 Å². The summed E-state index contributed by atoms with van der Waals surface area (Å²) in [5.74, 6) is 1.76. The van der Waals surface area contributed by atoms with Crippen molar-refractivity contribution in [3.8, 4) is 11.8 Å². The molecule has 0 spiro atoms. The molecule has 2 aliphatic heterocycles. The van der Waals surface area contributed by atoms with Gasteiger partial charge in [0, 0.05) is 41.1 Å². The van der Waals surface area contributed by atoms with Crippen molar-refractivity contribution in [3.63, 3.8) is 0 Å². The number of rotatable bonds is 6. The van der Waals surface area contributed by atoms with Gasteiger partial charge >= 0.3 is 0 Å². The first kappa shape index (κ1) is 23.5. The Hall–Kier alpha value is -3.23. The van der Waals surface area contributed by atoms with E-state index in [1.54, 1.807) is 12.1 Å². The van der Waals surface area contributed by atoms with Gasteiger partial charge in [-0.15, -0.1) is 11.8 Å². The fourth-order valence-corrected chi connectivity index (χ4v) is 6.53. The number of hydrogen-bond acceptors (Lipinski definition) is 4. The molecule has 2 unspecified atom stereocenters. The third-order valence-electron chi connectivity index (χ3n) is 6.99. The molecule has 2 heterocycles. The van der Waals surface area contributed by atoms with Crippen LogP contribution in [0.2, 0.25) is 0 Å². The first-order valence-electron chi connectivity index (χ1n) is 12.3. The molecular weight excluding hydrogens is 452 g/mol. The van der Waals surface area contributed by atoms with E-state index >= 15 is 0 Å². The lowest BCUT2D eigenvalue weighted by Gasteiger charge is -2.39. The fraction of sp³-hybridized carbons (Fsp3) is 0.333. The molecule has 35 heavy (non-hydrogen) atoms. The Morgan fingerprint density at radius 2 is 1.69 bits per heavy atom. The van der Waals surface area contributed by atoms with Gasteiger partial charge in [-0.1, -0.05) is 24.3 Å². The summed E-state index contributed by atoms with van der Waals surface area (Å²) < 4.78 is 6.21. The van der Waals surface area contributed by atoms with Crippen LogP contribution in [0.5, 0.6) is 5.75 Å². The first-order valence-corrected chi connectivity index (χ1v) is 13.3. The molecule has 2 fully saturated rings. The maximum Gasteiger partial charge on any atom is 0.254 e. The zero-order valence-corrected chi connectivity index (χ0v) is 21.1. The summed E-state index contributed by atoms with van der Waals surface area (Å²) in [6, 6.07) is 24.7. The minimum atomic E-state index is 0.0788. The van der Waals surface area contributed by atoms with Crippen LogP contribution < -0.4 is 4.74 Å². The molecule has 2 saturated heterocycles. The summed E-state index contributed by atoms with van der Waals surface area (Å²) in [6.45, 7) is 4.26. The molecule has 3 aromatic carbocycles. The highest BCUT2D eigenvalue weighted by Crippen LogP contribution is 2.38. The van der Waals surface area contributed by atoms with Gasteiger partial charge in [-0.25, -0.2) is 0 Å². The molecule has 5 heteroatoms. The third-order valence-corrected chi connectivity index (χ3v) is 8.04. The van der Waals surface area contributed by atoms with Crippen molar-refractivity contribution in [2.75, 3.05) is 0 Å². The number of benzene rings is 3. The Morgan fingerprint density at radius 1 is 1.00 bits per heavy atom. The van der Waals surface area contributed by atoms with Gasteiger partial charge in [-0.2, -0.15) is 5.26 Å². The van der Waals surface area contributed by atoms with E-state index in [0.29, 0.717) is 5.56 Å². The van der Waals surface area contributed by atoms with Gasteiger partial charge in [0.25, 0.3) is 5.91 Å². The van der Waals surface area contributed by atoms with Crippen LogP contribution in [0.4, 0.5) is 0 Å². The van der Waals surface area contributed by atoms with Gasteiger partial charge in [0.2, 0.25) is 0 Å². The summed E-state index contributed by atoms with van der Waals surface area (Å²) >= 11 is 1.83. The first-order chi connectivity index (χ1) is 17.0. The van der Waals surface area contributed by atoms with Crippen LogP contribution >= 0.6 is 11.8 Å². The summed E-state index contributed by atoms with van der Waals surface area (Å²) in [5, 5.41) is 9.13. The van der Waals surface area contributed by atoms with Crippen molar-refractivity contribution in [1.29, 1.82) is 5.26 Å². The lowest BCUT2D eigenvalue weighted by atomic mass is 9.98. The molecule has 0 saturated carbocycles. The number of nitrogens with zero attached hydrogens (tertiary/aromatic N) is 2. The van der Waals surface area contributed by atoms with Crippen molar-refractivity contribution >= 4 is 17.7 Å². The van der Waals surface area contributed by atoms with E-state index in [1.807, 2.05) is 36.0 Å². The van der Waals surface area contributed by atoms with Crippen LogP contribution in [0.1, 0.15) is 58.3 Å². The molecule has 0 aromatic heterocycles. The van der Waals surface area contributed by atoms with Crippen molar-refractivity contribution in [1.82, 2.24) is 4.90 Å². The maximum atomic E-state index is 13.4. The molecule has 5 rings (SSSR count). The number of fused-ring (bicyclic) bond motifs is 2. The summed E-state index contributed by atoms with van der Waals surface area (Å²) in [7, 11) is 0. The number of ether oxygens (including phenoxy) is 1. The minimum absolute atomic E-state index is 0.0788. The fourth-order valence-electron chi connectivity index (χ4n) is 5.46. The summed E-state index contributed by atoms with van der Waals surface area (Å²) in [6.07, 6.45) is 3.81. The van der Waals surface area contributed by atoms with E-state index in [0.717, 1.165) is 42.7 Å². The number of carbonyl (C=O) groups excluding carboxylic acids is 1. The molecule has 3 aromatic rings. The standard InChI is InChI=1S/C30H30N2O2S/c1-20-12-21(2)14-29(13-20)35-19-22-6-8-24(9-7-22)30(33)32-25-10-11-26(32)17-28(16-25)34-27-5-3-4-23(15-27)18-31/h3-9,12-15,25-26,28H,10-11,16-17,19H2,1-2H3. The van der Waals surface area contributed by atoms with Gasteiger partial charge < -0.3 is 9.64 Å². The lowest BCUT2D eigenvalue weighted by molar-refractivity contribution is 0.0359. The zero-order valence-electron chi connectivity index (χ0n) is 20.2. The Balaban J connectivity index is 1.20.